The third-order valence-electron chi connectivity index (χ3n) is 5.35. The first kappa shape index (κ1) is 22.8. The molecule has 2 N–H and O–H groups in total. The summed E-state index contributed by atoms with van der Waals surface area (Å²) in [5.74, 6) is -0.536. The molecule has 29 heavy (non-hydrogen) atoms. The van der Waals surface area contributed by atoms with E-state index in [0.717, 1.165) is 5.56 Å². The van der Waals surface area contributed by atoms with Crippen molar-refractivity contribution in [2.24, 2.45) is 5.92 Å². The third-order valence-corrected chi connectivity index (χ3v) is 7.33. The van der Waals surface area contributed by atoms with Crippen molar-refractivity contribution >= 4 is 7.60 Å². The van der Waals surface area contributed by atoms with Crippen LogP contribution < -0.4 is 0 Å². The molecule has 2 saturated heterocycles. The molecule has 7 atom stereocenters. The Balaban J connectivity index is 1.76. The van der Waals surface area contributed by atoms with Crippen molar-refractivity contribution in [1.29, 1.82) is 0 Å². The minimum atomic E-state index is -3.40. The predicted molar refractivity (Wildman–Crippen MR) is 102 cm³/mol. The number of benzene rings is 1. The van der Waals surface area contributed by atoms with E-state index in [1.54, 1.807) is 0 Å². The topological polar surface area (TPSA) is 113 Å². The number of ether oxygens (including phenoxy) is 4. The molecule has 0 radical (unpaired) electrons. The summed E-state index contributed by atoms with van der Waals surface area (Å²) in [7, 11) is 0.565. The maximum atomic E-state index is 12.4. The molecule has 2 fully saturated rings. The first-order valence-electron chi connectivity index (χ1n) is 9.47. The number of aliphatic hydroxyl groups excluding tert-OH is 2. The van der Waals surface area contributed by atoms with Crippen LogP contribution in [0.15, 0.2) is 30.3 Å². The van der Waals surface area contributed by atoms with Crippen LogP contribution >= 0.6 is 7.60 Å². The lowest BCUT2D eigenvalue weighted by Crippen LogP contribution is -2.59. The van der Waals surface area contributed by atoms with Crippen LogP contribution in [0.3, 0.4) is 0 Å². The highest BCUT2D eigenvalue weighted by atomic mass is 31.2. The molecule has 0 spiro atoms. The minimum absolute atomic E-state index is 0.101. The summed E-state index contributed by atoms with van der Waals surface area (Å²) in [5.41, 5.74) is 0.844. The molecule has 0 bridgehead atoms. The zero-order chi connectivity index (χ0) is 21.0. The number of methoxy groups -OCH3 is 1. The fourth-order valence-corrected chi connectivity index (χ4v) is 4.93. The summed E-state index contributed by atoms with van der Waals surface area (Å²) in [6.07, 6.45) is -4.71. The van der Waals surface area contributed by atoms with Gasteiger partial charge in [0.25, 0.3) is 0 Å². The van der Waals surface area contributed by atoms with Crippen molar-refractivity contribution in [2.45, 2.75) is 43.4 Å². The molecule has 1 unspecified atom stereocenters. The van der Waals surface area contributed by atoms with Gasteiger partial charge in [0.05, 0.1) is 25.0 Å². The van der Waals surface area contributed by atoms with E-state index < -0.39 is 50.5 Å². The molecule has 2 aliphatic rings. The standard InChI is InChI=1S/C19H29O9P/c1-23-19-16(21)14(9-13(20)11-29(22,24-2)25-3)17-15(27-19)10-26-18(28-17)12-7-5-4-6-8-12/h4-8,13-21H,9-11H2,1-3H3/t13?,14-,15-,16-,17+,18-,19+/m1/s1. The van der Waals surface area contributed by atoms with Crippen molar-refractivity contribution in [3.63, 3.8) is 0 Å². The van der Waals surface area contributed by atoms with Crippen molar-refractivity contribution in [3.8, 4) is 0 Å². The van der Waals surface area contributed by atoms with Crippen LogP contribution in [0.4, 0.5) is 0 Å². The van der Waals surface area contributed by atoms with E-state index >= 15 is 0 Å². The Morgan fingerprint density at radius 1 is 1.17 bits per heavy atom. The summed E-state index contributed by atoms with van der Waals surface area (Å²) in [4.78, 5) is 0. The maximum absolute atomic E-state index is 12.4. The Labute approximate surface area is 170 Å². The van der Waals surface area contributed by atoms with Gasteiger partial charge in [0.2, 0.25) is 0 Å². The SMILES string of the molecule is CO[C@H]1O[C@@H]2CO[C@@H](c3ccccc3)O[C@H]2[C@H](CC(O)CP(=O)(OC)OC)[C@H]1O. The summed E-state index contributed by atoms with van der Waals surface area (Å²) in [6.45, 7) is 0.248. The predicted octanol–water partition coefficient (Wildman–Crippen LogP) is 1.69. The number of fused-ring (bicyclic) bond motifs is 1. The molecule has 1 aromatic rings. The monoisotopic (exact) mass is 432 g/mol. The van der Waals surface area contributed by atoms with E-state index in [-0.39, 0.29) is 19.2 Å². The number of hydrogen-bond donors (Lipinski definition) is 2. The molecule has 2 heterocycles. The van der Waals surface area contributed by atoms with Crippen LogP contribution in [-0.2, 0) is 32.6 Å². The highest BCUT2D eigenvalue weighted by molar-refractivity contribution is 7.53. The van der Waals surface area contributed by atoms with Crippen LogP contribution in [0.1, 0.15) is 18.3 Å². The van der Waals surface area contributed by atoms with Gasteiger partial charge < -0.3 is 38.2 Å². The van der Waals surface area contributed by atoms with E-state index in [0.29, 0.717) is 0 Å². The summed E-state index contributed by atoms with van der Waals surface area (Å²) in [5, 5.41) is 21.3. The largest absolute Gasteiger partial charge is 0.392 e. The Bertz CT molecular complexity index is 680. The maximum Gasteiger partial charge on any atom is 0.332 e. The van der Waals surface area contributed by atoms with Crippen molar-refractivity contribution in [3.05, 3.63) is 35.9 Å². The van der Waals surface area contributed by atoms with Crippen molar-refractivity contribution in [1.82, 2.24) is 0 Å². The second-order valence-corrected chi connectivity index (χ2v) is 9.48. The lowest BCUT2D eigenvalue weighted by atomic mass is 9.84. The zero-order valence-electron chi connectivity index (χ0n) is 16.7. The van der Waals surface area contributed by atoms with Gasteiger partial charge in [-0.1, -0.05) is 30.3 Å². The zero-order valence-corrected chi connectivity index (χ0v) is 17.6. The van der Waals surface area contributed by atoms with Crippen LogP contribution in [0.5, 0.6) is 0 Å². The van der Waals surface area contributed by atoms with Gasteiger partial charge in [-0.3, -0.25) is 4.57 Å². The van der Waals surface area contributed by atoms with Crippen LogP contribution in [-0.4, -0.2) is 75.0 Å². The van der Waals surface area contributed by atoms with Crippen molar-refractivity contribution in [2.75, 3.05) is 34.1 Å². The van der Waals surface area contributed by atoms with Crippen LogP contribution in [0, 0.1) is 5.92 Å². The molecule has 0 amide bonds. The molecule has 1 aromatic carbocycles. The normalized spacial score (nSPS) is 33.8. The molecular weight excluding hydrogens is 403 g/mol. The molecule has 2 aliphatic heterocycles. The van der Waals surface area contributed by atoms with E-state index in [9.17, 15) is 14.8 Å². The smallest absolute Gasteiger partial charge is 0.332 e. The van der Waals surface area contributed by atoms with E-state index in [2.05, 4.69) is 0 Å². The molecular formula is C19H29O9P. The van der Waals surface area contributed by atoms with Gasteiger partial charge in [0.15, 0.2) is 12.6 Å². The second kappa shape index (κ2) is 9.96. The average molecular weight is 432 g/mol. The fraction of sp³-hybridized carbons (Fsp3) is 0.684. The molecule has 164 valence electrons. The quantitative estimate of drug-likeness (QED) is 0.593. The second-order valence-electron chi connectivity index (χ2n) is 7.16. The van der Waals surface area contributed by atoms with E-state index in [1.807, 2.05) is 30.3 Å². The van der Waals surface area contributed by atoms with Gasteiger partial charge in [-0.05, 0) is 6.42 Å². The van der Waals surface area contributed by atoms with Gasteiger partial charge in [0, 0.05) is 32.8 Å². The highest BCUT2D eigenvalue weighted by Crippen LogP contribution is 2.48. The first-order chi connectivity index (χ1) is 13.9. The van der Waals surface area contributed by atoms with Gasteiger partial charge in [-0.25, -0.2) is 0 Å². The van der Waals surface area contributed by atoms with E-state index in [4.69, 9.17) is 28.0 Å². The molecule has 3 rings (SSSR count). The first-order valence-corrected chi connectivity index (χ1v) is 11.2. The molecule has 9 nitrogen and oxygen atoms in total. The highest BCUT2D eigenvalue weighted by Gasteiger charge is 2.50. The summed E-state index contributed by atoms with van der Waals surface area (Å²) in [6, 6.07) is 9.45. The molecule has 10 heteroatoms. The fourth-order valence-electron chi connectivity index (χ4n) is 3.81. The van der Waals surface area contributed by atoms with Crippen molar-refractivity contribution < 1.29 is 42.8 Å². The Morgan fingerprint density at radius 3 is 2.48 bits per heavy atom. The number of hydrogen-bond acceptors (Lipinski definition) is 9. The van der Waals surface area contributed by atoms with Crippen LogP contribution in [0.25, 0.3) is 0 Å². The lowest BCUT2D eigenvalue weighted by molar-refractivity contribution is -0.352. The minimum Gasteiger partial charge on any atom is -0.392 e. The summed E-state index contributed by atoms with van der Waals surface area (Å²) < 4.78 is 45.1. The Morgan fingerprint density at radius 2 is 1.86 bits per heavy atom. The molecule has 0 aliphatic carbocycles. The van der Waals surface area contributed by atoms with Gasteiger partial charge >= 0.3 is 7.60 Å². The lowest BCUT2D eigenvalue weighted by Gasteiger charge is -2.48. The third kappa shape index (κ3) is 5.25. The van der Waals surface area contributed by atoms with Gasteiger partial charge in [0.1, 0.15) is 12.2 Å². The Kier molecular flexibility index (Phi) is 7.83. The molecule has 0 aromatic heterocycles. The Hall–Kier alpha value is -0.870. The van der Waals surface area contributed by atoms with E-state index in [1.165, 1.54) is 21.3 Å². The number of aliphatic hydroxyl groups is 2. The summed E-state index contributed by atoms with van der Waals surface area (Å²) >= 11 is 0. The van der Waals surface area contributed by atoms with Gasteiger partial charge in [-0.15, -0.1) is 0 Å². The molecule has 0 saturated carbocycles. The number of rotatable bonds is 8. The van der Waals surface area contributed by atoms with Gasteiger partial charge in [-0.2, -0.15) is 0 Å². The van der Waals surface area contributed by atoms with Crippen LogP contribution in [0.2, 0.25) is 0 Å². The average Bonchev–Trinajstić information content (AvgIpc) is 2.75.